The van der Waals surface area contributed by atoms with Gasteiger partial charge in [0.25, 0.3) is 0 Å². The van der Waals surface area contributed by atoms with E-state index in [1.54, 1.807) is 11.8 Å². The number of nitrogens with zero attached hydrogens (tertiary/aromatic N) is 5. The molecule has 0 radical (unpaired) electrons. The van der Waals surface area contributed by atoms with E-state index in [9.17, 15) is 0 Å². The lowest BCUT2D eigenvalue weighted by molar-refractivity contribution is 0.526. The Morgan fingerprint density at radius 1 is 1.33 bits per heavy atom. The first-order valence-corrected chi connectivity index (χ1v) is 8.34. The third-order valence-corrected chi connectivity index (χ3v) is 4.67. The molecule has 8 heteroatoms. The lowest BCUT2D eigenvalue weighted by Gasteiger charge is -2.13. The lowest BCUT2D eigenvalue weighted by Crippen LogP contribution is -2.11. The van der Waals surface area contributed by atoms with E-state index >= 15 is 0 Å². The van der Waals surface area contributed by atoms with E-state index < -0.39 is 0 Å². The van der Waals surface area contributed by atoms with Crippen molar-refractivity contribution < 1.29 is 0 Å². The maximum atomic E-state index is 6.33. The fourth-order valence-corrected chi connectivity index (χ4v) is 3.60. The molecule has 0 bridgehead atoms. The zero-order chi connectivity index (χ0) is 15.6. The van der Waals surface area contributed by atoms with Crippen LogP contribution in [0.15, 0.2) is 5.16 Å². The van der Waals surface area contributed by atoms with Gasteiger partial charge in [0.2, 0.25) is 0 Å². The monoisotopic (exact) mass is 328 g/mol. The highest BCUT2D eigenvalue weighted by Crippen LogP contribution is 2.29. The van der Waals surface area contributed by atoms with Crippen molar-refractivity contribution in [3.63, 3.8) is 0 Å². The summed E-state index contributed by atoms with van der Waals surface area (Å²) in [6.45, 7) is 9.36. The third kappa shape index (κ3) is 3.25. The maximum absolute atomic E-state index is 6.33. The Bertz CT molecular complexity index is 618. The minimum absolute atomic E-state index is 0.273. The molecule has 0 aromatic carbocycles. The van der Waals surface area contributed by atoms with Crippen LogP contribution >= 0.6 is 23.4 Å². The fourth-order valence-electron chi connectivity index (χ4n) is 2.20. The molecule has 2 N–H and O–H groups in total. The normalized spacial score (nSPS) is 11.6. The first-order valence-electron chi connectivity index (χ1n) is 6.98. The van der Waals surface area contributed by atoms with Crippen LogP contribution < -0.4 is 5.73 Å². The van der Waals surface area contributed by atoms with E-state index in [2.05, 4.69) is 40.6 Å². The van der Waals surface area contributed by atoms with Crippen molar-refractivity contribution in [2.24, 2.45) is 5.73 Å². The Morgan fingerprint density at radius 2 is 2.05 bits per heavy atom. The van der Waals surface area contributed by atoms with Crippen molar-refractivity contribution in [2.45, 2.75) is 57.7 Å². The van der Waals surface area contributed by atoms with Gasteiger partial charge in [-0.15, -0.1) is 10.2 Å². The number of hydrogen-bond donors (Lipinski definition) is 1. The largest absolute Gasteiger partial charge is 0.324 e. The molecular formula is C13H21ClN6S. The van der Waals surface area contributed by atoms with Crippen molar-refractivity contribution in [1.29, 1.82) is 0 Å². The lowest BCUT2D eigenvalue weighted by atomic mass is 10.4. The zero-order valence-electron chi connectivity index (χ0n) is 12.8. The molecule has 0 fully saturated rings. The SMILES string of the molecule is CCn1nc(C)c(Cl)c1CSc1nnc(CN)n1C(C)C. The molecule has 0 aliphatic heterocycles. The summed E-state index contributed by atoms with van der Waals surface area (Å²) in [6.07, 6.45) is 0. The Morgan fingerprint density at radius 3 is 2.62 bits per heavy atom. The molecule has 0 spiro atoms. The van der Waals surface area contributed by atoms with Crippen LogP contribution in [-0.4, -0.2) is 24.5 Å². The number of nitrogens with two attached hydrogens (primary N) is 1. The highest BCUT2D eigenvalue weighted by atomic mass is 35.5. The quantitative estimate of drug-likeness (QED) is 0.825. The van der Waals surface area contributed by atoms with Crippen molar-refractivity contribution >= 4 is 23.4 Å². The summed E-state index contributed by atoms with van der Waals surface area (Å²) in [5, 5.41) is 14.4. The Balaban J connectivity index is 2.23. The van der Waals surface area contributed by atoms with Gasteiger partial charge in [0.05, 0.1) is 23.0 Å². The van der Waals surface area contributed by atoms with Crippen molar-refractivity contribution in [1.82, 2.24) is 24.5 Å². The summed E-state index contributed by atoms with van der Waals surface area (Å²) < 4.78 is 4.00. The summed E-state index contributed by atoms with van der Waals surface area (Å²) in [5.41, 5.74) is 7.60. The van der Waals surface area contributed by atoms with Crippen LogP contribution in [0.2, 0.25) is 5.02 Å². The van der Waals surface area contributed by atoms with Gasteiger partial charge in [-0.05, 0) is 27.7 Å². The van der Waals surface area contributed by atoms with Crippen LogP contribution in [0, 0.1) is 6.92 Å². The second kappa shape index (κ2) is 6.81. The maximum Gasteiger partial charge on any atom is 0.191 e. The molecule has 0 aliphatic carbocycles. The predicted molar refractivity (Wildman–Crippen MR) is 85.5 cm³/mol. The van der Waals surface area contributed by atoms with E-state index in [0.29, 0.717) is 12.3 Å². The summed E-state index contributed by atoms with van der Waals surface area (Å²) >= 11 is 7.94. The van der Waals surface area contributed by atoms with E-state index in [1.807, 2.05) is 11.6 Å². The molecule has 2 rings (SSSR count). The van der Waals surface area contributed by atoms with Crippen LogP contribution in [-0.2, 0) is 18.8 Å². The van der Waals surface area contributed by atoms with Crippen molar-refractivity contribution in [3.05, 3.63) is 22.2 Å². The van der Waals surface area contributed by atoms with Crippen LogP contribution in [0.1, 0.15) is 44.0 Å². The average molecular weight is 329 g/mol. The van der Waals surface area contributed by atoms with Gasteiger partial charge in [-0.2, -0.15) is 5.10 Å². The first kappa shape index (κ1) is 16.3. The molecule has 6 nitrogen and oxygen atoms in total. The van der Waals surface area contributed by atoms with Crippen LogP contribution in [0.3, 0.4) is 0 Å². The summed E-state index contributed by atoms with van der Waals surface area (Å²) in [4.78, 5) is 0. The molecule has 0 atom stereocenters. The van der Waals surface area contributed by atoms with E-state index in [1.165, 1.54) is 0 Å². The van der Waals surface area contributed by atoms with E-state index in [4.69, 9.17) is 17.3 Å². The molecule has 2 aromatic rings. The number of rotatable bonds is 6. The molecule has 0 unspecified atom stereocenters. The Hall–Kier alpha value is -1.05. The number of aromatic nitrogens is 5. The number of thioether (sulfide) groups is 1. The summed E-state index contributed by atoms with van der Waals surface area (Å²) in [5.74, 6) is 1.52. The minimum atomic E-state index is 0.273. The van der Waals surface area contributed by atoms with Gasteiger partial charge < -0.3 is 10.3 Å². The van der Waals surface area contributed by atoms with Crippen LogP contribution in [0.5, 0.6) is 0 Å². The second-order valence-electron chi connectivity index (χ2n) is 5.02. The van der Waals surface area contributed by atoms with E-state index in [0.717, 1.165) is 33.9 Å². The molecule has 2 heterocycles. The molecule has 0 amide bonds. The average Bonchev–Trinajstić information content (AvgIpc) is 2.99. The van der Waals surface area contributed by atoms with Gasteiger partial charge in [0.15, 0.2) is 5.16 Å². The standard InChI is InChI=1S/C13H21ClN6S/c1-5-19-10(12(14)9(4)18-19)7-21-13-17-16-11(6-15)20(13)8(2)3/h8H,5-7,15H2,1-4H3. The highest BCUT2D eigenvalue weighted by molar-refractivity contribution is 7.98. The molecule has 21 heavy (non-hydrogen) atoms. The van der Waals surface area contributed by atoms with Gasteiger partial charge in [0.1, 0.15) is 5.82 Å². The molecule has 116 valence electrons. The third-order valence-electron chi connectivity index (χ3n) is 3.22. The second-order valence-corrected chi connectivity index (χ2v) is 6.34. The van der Waals surface area contributed by atoms with Crippen molar-refractivity contribution in [2.75, 3.05) is 0 Å². The predicted octanol–water partition coefficient (Wildman–Crippen LogP) is 2.79. The number of hydrogen-bond acceptors (Lipinski definition) is 5. The minimum Gasteiger partial charge on any atom is -0.324 e. The number of halogens is 1. The van der Waals surface area contributed by atoms with Crippen molar-refractivity contribution in [3.8, 4) is 0 Å². The van der Waals surface area contributed by atoms with Gasteiger partial charge in [-0.1, -0.05) is 23.4 Å². The molecular weight excluding hydrogens is 308 g/mol. The molecule has 0 saturated carbocycles. The smallest absolute Gasteiger partial charge is 0.191 e. The number of aryl methyl sites for hydroxylation is 2. The van der Waals surface area contributed by atoms with Crippen LogP contribution in [0.4, 0.5) is 0 Å². The fraction of sp³-hybridized carbons (Fsp3) is 0.615. The van der Waals surface area contributed by atoms with Crippen LogP contribution in [0.25, 0.3) is 0 Å². The molecule has 0 saturated heterocycles. The Labute approximate surface area is 134 Å². The van der Waals surface area contributed by atoms with Gasteiger partial charge >= 0.3 is 0 Å². The van der Waals surface area contributed by atoms with Gasteiger partial charge in [0, 0.05) is 18.3 Å². The zero-order valence-corrected chi connectivity index (χ0v) is 14.4. The topological polar surface area (TPSA) is 74.6 Å². The summed E-state index contributed by atoms with van der Waals surface area (Å²) in [7, 11) is 0. The van der Waals surface area contributed by atoms with E-state index in [-0.39, 0.29) is 6.04 Å². The molecule has 2 aromatic heterocycles. The van der Waals surface area contributed by atoms with Gasteiger partial charge in [-0.25, -0.2) is 0 Å². The Kier molecular flexibility index (Phi) is 5.29. The highest BCUT2D eigenvalue weighted by Gasteiger charge is 2.17. The van der Waals surface area contributed by atoms with Gasteiger partial charge in [-0.3, -0.25) is 4.68 Å². The first-order chi connectivity index (χ1) is 9.99. The summed E-state index contributed by atoms with van der Waals surface area (Å²) in [6, 6.07) is 0.273. The molecule has 0 aliphatic rings.